The maximum absolute atomic E-state index is 4.59. The van der Waals surface area contributed by atoms with Crippen molar-refractivity contribution in [2.24, 2.45) is 0 Å². The predicted octanol–water partition coefficient (Wildman–Crippen LogP) is 4.12. The molecule has 0 bridgehead atoms. The van der Waals surface area contributed by atoms with E-state index >= 15 is 0 Å². The average Bonchev–Trinajstić information content (AvgIpc) is 2.87. The molecule has 0 aliphatic heterocycles. The molecule has 0 radical (unpaired) electrons. The SMILES string of the molecule is SCc1csc(-c2ccc3c(c2)CCCC3)n1. The van der Waals surface area contributed by atoms with Gasteiger partial charge in [0.05, 0.1) is 5.69 Å². The van der Waals surface area contributed by atoms with Gasteiger partial charge in [-0.15, -0.1) is 11.3 Å². The molecule has 0 spiro atoms. The van der Waals surface area contributed by atoms with Crippen molar-refractivity contribution in [1.29, 1.82) is 0 Å². The Labute approximate surface area is 111 Å². The summed E-state index contributed by atoms with van der Waals surface area (Å²) < 4.78 is 0. The van der Waals surface area contributed by atoms with E-state index in [2.05, 4.69) is 41.2 Å². The van der Waals surface area contributed by atoms with Crippen LogP contribution in [-0.2, 0) is 18.6 Å². The number of nitrogens with zero attached hydrogens (tertiary/aromatic N) is 1. The van der Waals surface area contributed by atoms with E-state index in [1.54, 1.807) is 11.3 Å². The third-order valence-electron chi connectivity index (χ3n) is 3.31. The fourth-order valence-electron chi connectivity index (χ4n) is 2.38. The number of aryl methyl sites for hydroxylation is 2. The van der Waals surface area contributed by atoms with Gasteiger partial charge in [0.2, 0.25) is 0 Å². The highest BCUT2D eigenvalue weighted by atomic mass is 32.1. The van der Waals surface area contributed by atoms with Gasteiger partial charge in [0.1, 0.15) is 5.01 Å². The number of hydrogen-bond acceptors (Lipinski definition) is 3. The molecule has 0 fully saturated rings. The summed E-state index contributed by atoms with van der Waals surface area (Å²) in [6, 6.07) is 6.83. The Morgan fingerprint density at radius 2 is 2.00 bits per heavy atom. The van der Waals surface area contributed by atoms with Crippen LogP contribution in [0.4, 0.5) is 0 Å². The standard InChI is InChI=1S/C14H15NS2/c16-8-13-9-17-14(15-13)12-6-5-10-3-1-2-4-11(10)7-12/h5-7,9,16H,1-4,8H2. The first-order valence-electron chi connectivity index (χ1n) is 6.04. The number of aromatic nitrogens is 1. The molecule has 0 unspecified atom stereocenters. The van der Waals surface area contributed by atoms with Gasteiger partial charge in [-0.3, -0.25) is 0 Å². The number of fused-ring (bicyclic) bond motifs is 1. The Balaban J connectivity index is 1.97. The number of hydrogen-bond donors (Lipinski definition) is 1. The highest BCUT2D eigenvalue weighted by Gasteiger charge is 2.11. The Morgan fingerprint density at radius 1 is 1.18 bits per heavy atom. The lowest BCUT2D eigenvalue weighted by molar-refractivity contribution is 0.686. The molecule has 0 saturated heterocycles. The second kappa shape index (κ2) is 4.83. The summed E-state index contributed by atoms with van der Waals surface area (Å²) >= 11 is 5.98. The van der Waals surface area contributed by atoms with Crippen molar-refractivity contribution >= 4 is 24.0 Å². The van der Waals surface area contributed by atoms with Crippen molar-refractivity contribution in [2.45, 2.75) is 31.4 Å². The van der Waals surface area contributed by atoms with Crippen LogP contribution in [0.5, 0.6) is 0 Å². The van der Waals surface area contributed by atoms with E-state index in [-0.39, 0.29) is 0 Å². The maximum Gasteiger partial charge on any atom is 0.123 e. The normalized spacial score (nSPS) is 14.6. The monoisotopic (exact) mass is 261 g/mol. The van der Waals surface area contributed by atoms with Gasteiger partial charge in [0.15, 0.2) is 0 Å². The maximum atomic E-state index is 4.59. The minimum atomic E-state index is 0.724. The Hall–Kier alpha value is -0.800. The lowest BCUT2D eigenvalue weighted by Crippen LogP contribution is -2.02. The van der Waals surface area contributed by atoms with Crippen LogP contribution in [0.3, 0.4) is 0 Å². The van der Waals surface area contributed by atoms with Gasteiger partial charge in [-0.1, -0.05) is 12.1 Å². The molecule has 1 nitrogen and oxygen atoms in total. The van der Waals surface area contributed by atoms with Crippen molar-refractivity contribution in [2.75, 3.05) is 0 Å². The van der Waals surface area contributed by atoms with Crippen molar-refractivity contribution in [3.05, 3.63) is 40.4 Å². The molecule has 1 aliphatic rings. The fraction of sp³-hybridized carbons (Fsp3) is 0.357. The van der Waals surface area contributed by atoms with Gasteiger partial charge in [0, 0.05) is 16.7 Å². The molecule has 1 aromatic heterocycles. The molecule has 3 heteroatoms. The van der Waals surface area contributed by atoms with Crippen LogP contribution in [0.1, 0.15) is 29.7 Å². The van der Waals surface area contributed by atoms with E-state index in [0.717, 1.165) is 16.5 Å². The number of rotatable bonds is 2. The Morgan fingerprint density at radius 3 is 2.76 bits per heavy atom. The van der Waals surface area contributed by atoms with Crippen LogP contribution in [0.2, 0.25) is 0 Å². The van der Waals surface area contributed by atoms with Gasteiger partial charge in [0.25, 0.3) is 0 Å². The van der Waals surface area contributed by atoms with Gasteiger partial charge >= 0.3 is 0 Å². The topological polar surface area (TPSA) is 12.9 Å². The van der Waals surface area contributed by atoms with Gasteiger partial charge in [-0.25, -0.2) is 4.98 Å². The van der Waals surface area contributed by atoms with Crippen molar-refractivity contribution in [1.82, 2.24) is 4.98 Å². The number of thiazole rings is 1. The minimum Gasteiger partial charge on any atom is -0.240 e. The van der Waals surface area contributed by atoms with E-state index in [1.807, 2.05) is 0 Å². The zero-order valence-electron chi connectivity index (χ0n) is 9.65. The van der Waals surface area contributed by atoms with Gasteiger partial charge in [-0.05, 0) is 42.9 Å². The molecule has 1 aromatic carbocycles. The number of benzene rings is 1. The van der Waals surface area contributed by atoms with Crippen LogP contribution >= 0.6 is 24.0 Å². The summed E-state index contributed by atoms with van der Waals surface area (Å²) in [7, 11) is 0. The second-order valence-electron chi connectivity index (χ2n) is 4.49. The number of thiol groups is 1. The van der Waals surface area contributed by atoms with E-state index in [1.165, 1.54) is 42.4 Å². The van der Waals surface area contributed by atoms with Crippen LogP contribution in [-0.4, -0.2) is 4.98 Å². The molecule has 3 rings (SSSR count). The van der Waals surface area contributed by atoms with E-state index in [9.17, 15) is 0 Å². The van der Waals surface area contributed by atoms with Crippen LogP contribution in [0.25, 0.3) is 10.6 Å². The van der Waals surface area contributed by atoms with E-state index in [4.69, 9.17) is 0 Å². The lowest BCUT2D eigenvalue weighted by atomic mass is 9.90. The molecule has 0 atom stereocenters. The van der Waals surface area contributed by atoms with Gasteiger partial charge in [-0.2, -0.15) is 12.6 Å². The first-order chi connectivity index (χ1) is 8.36. The summed E-state index contributed by atoms with van der Waals surface area (Å²) in [5.74, 6) is 0.724. The summed E-state index contributed by atoms with van der Waals surface area (Å²) in [5.41, 5.74) is 5.40. The molecule has 88 valence electrons. The van der Waals surface area contributed by atoms with Crippen LogP contribution < -0.4 is 0 Å². The molecule has 1 aliphatic carbocycles. The van der Waals surface area contributed by atoms with E-state index < -0.39 is 0 Å². The lowest BCUT2D eigenvalue weighted by Gasteiger charge is -2.15. The Kier molecular flexibility index (Phi) is 3.21. The fourth-order valence-corrected chi connectivity index (χ4v) is 3.48. The highest BCUT2D eigenvalue weighted by Crippen LogP contribution is 2.29. The van der Waals surface area contributed by atoms with Crippen molar-refractivity contribution in [3.8, 4) is 10.6 Å². The summed E-state index contributed by atoms with van der Waals surface area (Å²) in [4.78, 5) is 4.59. The molecule has 0 saturated carbocycles. The first kappa shape index (κ1) is 11.3. The third kappa shape index (κ3) is 2.26. The smallest absolute Gasteiger partial charge is 0.123 e. The quantitative estimate of drug-likeness (QED) is 0.802. The minimum absolute atomic E-state index is 0.724. The highest BCUT2D eigenvalue weighted by molar-refractivity contribution is 7.79. The average molecular weight is 261 g/mol. The molecule has 0 N–H and O–H groups in total. The zero-order chi connectivity index (χ0) is 11.7. The van der Waals surface area contributed by atoms with Crippen LogP contribution in [0.15, 0.2) is 23.6 Å². The van der Waals surface area contributed by atoms with Crippen LogP contribution in [0, 0.1) is 0 Å². The molecule has 1 heterocycles. The largest absolute Gasteiger partial charge is 0.240 e. The molecular formula is C14H15NS2. The van der Waals surface area contributed by atoms with Gasteiger partial charge < -0.3 is 0 Å². The first-order valence-corrected chi connectivity index (χ1v) is 7.55. The van der Waals surface area contributed by atoms with E-state index in [0.29, 0.717) is 0 Å². The van der Waals surface area contributed by atoms with Crippen molar-refractivity contribution in [3.63, 3.8) is 0 Å². The summed E-state index contributed by atoms with van der Waals surface area (Å²) in [6.07, 6.45) is 5.15. The third-order valence-corrected chi connectivity index (χ3v) is 4.57. The summed E-state index contributed by atoms with van der Waals surface area (Å²) in [5, 5.41) is 3.23. The summed E-state index contributed by atoms with van der Waals surface area (Å²) in [6.45, 7) is 0. The Bertz CT molecular complexity index is 531. The zero-order valence-corrected chi connectivity index (χ0v) is 11.4. The predicted molar refractivity (Wildman–Crippen MR) is 76.9 cm³/mol. The molecule has 0 amide bonds. The molecule has 2 aromatic rings. The molecular weight excluding hydrogens is 246 g/mol. The van der Waals surface area contributed by atoms with Crippen molar-refractivity contribution < 1.29 is 0 Å². The second-order valence-corrected chi connectivity index (χ2v) is 5.67. The molecule has 17 heavy (non-hydrogen) atoms.